The second-order valence-electron chi connectivity index (χ2n) is 4.91. The van der Waals surface area contributed by atoms with Gasteiger partial charge in [-0.25, -0.2) is 14.4 Å². The Balaban J connectivity index is 2.22. The number of aromatic nitrogens is 2. The van der Waals surface area contributed by atoms with Gasteiger partial charge in [-0.2, -0.15) is 0 Å². The van der Waals surface area contributed by atoms with Crippen molar-refractivity contribution in [3.8, 4) is 28.6 Å². The van der Waals surface area contributed by atoms with Crippen LogP contribution in [-0.2, 0) is 0 Å². The van der Waals surface area contributed by atoms with Crippen molar-refractivity contribution in [3.05, 3.63) is 41.3 Å². The van der Waals surface area contributed by atoms with E-state index in [1.165, 1.54) is 33.5 Å². The van der Waals surface area contributed by atoms with Gasteiger partial charge in [0.1, 0.15) is 11.0 Å². The molecule has 2 aromatic carbocycles. The first kappa shape index (κ1) is 16.3. The topological polar surface area (TPSA) is 53.5 Å². The minimum absolute atomic E-state index is 0.170. The Morgan fingerprint density at radius 2 is 1.58 bits per heavy atom. The molecule has 1 heterocycles. The first-order chi connectivity index (χ1) is 11.6. The molecule has 0 radical (unpaired) electrons. The number of halogens is 2. The molecule has 3 rings (SSSR count). The monoisotopic (exact) mass is 348 g/mol. The van der Waals surface area contributed by atoms with E-state index in [0.717, 1.165) is 0 Å². The number of fused-ring (bicyclic) bond motifs is 1. The zero-order valence-corrected chi connectivity index (χ0v) is 14.0. The van der Waals surface area contributed by atoms with Gasteiger partial charge in [0.2, 0.25) is 5.75 Å². The van der Waals surface area contributed by atoms with Crippen molar-refractivity contribution < 1.29 is 18.6 Å². The summed E-state index contributed by atoms with van der Waals surface area (Å²) in [6.07, 6.45) is 0. The van der Waals surface area contributed by atoms with Gasteiger partial charge >= 0.3 is 0 Å². The molecule has 0 amide bonds. The fraction of sp³-hybridized carbons (Fsp3) is 0.176. The van der Waals surface area contributed by atoms with Gasteiger partial charge in [0.25, 0.3) is 0 Å². The van der Waals surface area contributed by atoms with Gasteiger partial charge in [0, 0.05) is 10.9 Å². The van der Waals surface area contributed by atoms with E-state index >= 15 is 0 Å². The minimum Gasteiger partial charge on any atom is -0.493 e. The predicted molar refractivity (Wildman–Crippen MR) is 89.6 cm³/mol. The molecule has 7 heteroatoms. The summed E-state index contributed by atoms with van der Waals surface area (Å²) in [5.74, 6) is 1.40. The lowest BCUT2D eigenvalue weighted by Crippen LogP contribution is -1.98. The number of ether oxygens (including phenoxy) is 3. The van der Waals surface area contributed by atoms with E-state index in [1.54, 1.807) is 18.2 Å². The number of rotatable bonds is 4. The summed E-state index contributed by atoms with van der Waals surface area (Å²) in [4.78, 5) is 8.69. The lowest BCUT2D eigenvalue weighted by Gasteiger charge is -2.14. The van der Waals surface area contributed by atoms with Crippen LogP contribution in [0.1, 0.15) is 0 Å². The maximum atomic E-state index is 13.4. The summed E-state index contributed by atoms with van der Waals surface area (Å²) in [7, 11) is 4.58. The Bertz CT molecular complexity index is 893. The van der Waals surface area contributed by atoms with Crippen LogP contribution < -0.4 is 14.2 Å². The van der Waals surface area contributed by atoms with Crippen LogP contribution in [0.4, 0.5) is 4.39 Å². The van der Waals surface area contributed by atoms with Crippen molar-refractivity contribution in [3.63, 3.8) is 0 Å². The van der Waals surface area contributed by atoms with Crippen molar-refractivity contribution in [2.75, 3.05) is 21.3 Å². The van der Waals surface area contributed by atoms with Gasteiger partial charge in [0.15, 0.2) is 17.3 Å². The summed E-state index contributed by atoms with van der Waals surface area (Å²) in [6.45, 7) is 0. The van der Waals surface area contributed by atoms with Crippen molar-refractivity contribution >= 4 is 22.5 Å². The van der Waals surface area contributed by atoms with Crippen LogP contribution in [0.25, 0.3) is 22.3 Å². The van der Waals surface area contributed by atoms with Crippen LogP contribution >= 0.6 is 11.6 Å². The average Bonchev–Trinajstić information content (AvgIpc) is 2.60. The van der Waals surface area contributed by atoms with Crippen molar-refractivity contribution in [2.24, 2.45) is 0 Å². The van der Waals surface area contributed by atoms with Crippen LogP contribution in [-0.4, -0.2) is 31.3 Å². The molecular weight excluding hydrogens is 335 g/mol. The fourth-order valence-corrected chi connectivity index (χ4v) is 2.63. The highest BCUT2D eigenvalue weighted by Crippen LogP contribution is 2.41. The van der Waals surface area contributed by atoms with Crippen LogP contribution in [0.15, 0.2) is 30.3 Å². The third-order valence-electron chi connectivity index (χ3n) is 3.53. The number of methoxy groups -OCH3 is 3. The second-order valence-corrected chi connectivity index (χ2v) is 5.27. The van der Waals surface area contributed by atoms with Crippen LogP contribution in [0, 0.1) is 5.82 Å². The number of nitrogens with zero attached hydrogens (tertiary/aromatic N) is 2. The molecule has 0 atom stereocenters. The van der Waals surface area contributed by atoms with E-state index in [9.17, 15) is 4.39 Å². The molecule has 0 saturated carbocycles. The molecule has 0 aliphatic heterocycles. The Labute approximate surface area is 143 Å². The SMILES string of the molecule is COc1cc(-c2nc(Cl)c3cc(F)ccc3n2)cc(OC)c1OC. The van der Waals surface area contributed by atoms with Crippen LogP contribution in [0.3, 0.4) is 0 Å². The Hall–Kier alpha value is -2.60. The number of benzene rings is 2. The summed E-state index contributed by atoms with van der Waals surface area (Å²) < 4.78 is 29.3. The molecule has 0 aliphatic rings. The molecular formula is C17H14ClFN2O3. The highest BCUT2D eigenvalue weighted by Gasteiger charge is 2.16. The van der Waals surface area contributed by atoms with E-state index < -0.39 is 5.82 Å². The molecule has 0 N–H and O–H groups in total. The van der Waals surface area contributed by atoms with Crippen LogP contribution in [0.2, 0.25) is 5.15 Å². The maximum Gasteiger partial charge on any atom is 0.203 e. The summed E-state index contributed by atoms with van der Waals surface area (Å²) in [6, 6.07) is 7.63. The molecule has 124 valence electrons. The van der Waals surface area contributed by atoms with Gasteiger partial charge in [0.05, 0.1) is 26.8 Å². The van der Waals surface area contributed by atoms with Gasteiger partial charge in [-0.1, -0.05) is 11.6 Å². The Morgan fingerprint density at radius 3 is 2.17 bits per heavy atom. The van der Waals surface area contributed by atoms with Gasteiger partial charge in [-0.3, -0.25) is 0 Å². The molecule has 3 aromatic rings. The summed E-state index contributed by atoms with van der Waals surface area (Å²) >= 11 is 6.18. The zero-order chi connectivity index (χ0) is 17.3. The second kappa shape index (κ2) is 6.49. The maximum absolute atomic E-state index is 13.4. The van der Waals surface area contributed by atoms with E-state index in [2.05, 4.69) is 9.97 Å². The molecule has 24 heavy (non-hydrogen) atoms. The molecule has 0 spiro atoms. The third-order valence-corrected chi connectivity index (χ3v) is 3.82. The van der Waals surface area contributed by atoms with E-state index in [0.29, 0.717) is 39.5 Å². The van der Waals surface area contributed by atoms with Gasteiger partial charge in [-0.15, -0.1) is 0 Å². The third kappa shape index (κ3) is 2.80. The largest absolute Gasteiger partial charge is 0.493 e. The standard InChI is InChI=1S/C17H14ClFN2O3/c1-22-13-6-9(7-14(23-2)15(13)24-3)17-20-12-5-4-10(19)8-11(12)16(18)21-17/h4-8H,1-3H3. The first-order valence-electron chi connectivity index (χ1n) is 7.00. The van der Waals surface area contributed by atoms with E-state index in [-0.39, 0.29) is 5.15 Å². The Morgan fingerprint density at radius 1 is 0.917 bits per heavy atom. The van der Waals surface area contributed by atoms with Crippen molar-refractivity contribution in [1.82, 2.24) is 9.97 Å². The smallest absolute Gasteiger partial charge is 0.203 e. The lowest BCUT2D eigenvalue weighted by atomic mass is 10.1. The Kier molecular flexibility index (Phi) is 4.40. The summed E-state index contributed by atoms with van der Waals surface area (Å²) in [5.41, 5.74) is 1.18. The average molecular weight is 349 g/mol. The first-order valence-corrected chi connectivity index (χ1v) is 7.38. The minimum atomic E-state index is -0.395. The normalized spacial score (nSPS) is 10.7. The number of hydrogen-bond donors (Lipinski definition) is 0. The molecule has 1 aromatic heterocycles. The molecule has 0 bridgehead atoms. The highest BCUT2D eigenvalue weighted by molar-refractivity contribution is 6.34. The van der Waals surface area contributed by atoms with Crippen LogP contribution in [0.5, 0.6) is 17.2 Å². The van der Waals surface area contributed by atoms with E-state index in [1.807, 2.05) is 0 Å². The lowest BCUT2D eigenvalue weighted by molar-refractivity contribution is 0.324. The van der Waals surface area contributed by atoms with Crippen molar-refractivity contribution in [2.45, 2.75) is 0 Å². The predicted octanol–water partition coefficient (Wildman–Crippen LogP) is 4.12. The molecule has 5 nitrogen and oxygen atoms in total. The van der Waals surface area contributed by atoms with Gasteiger partial charge in [-0.05, 0) is 30.3 Å². The molecule has 0 saturated heterocycles. The molecule has 0 fully saturated rings. The molecule has 0 unspecified atom stereocenters. The van der Waals surface area contributed by atoms with Gasteiger partial charge < -0.3 is 14.2 Å². The van der Waals surface area contributed by atoms with Crippen molar-refractivity contribution in [1.29, 1.82) is 0 Å². The van der Waals surface area contributed by atoms with E-state index in [4.69, 9.17) is 25.8 Å². The summed E-state index contributed by atoms with van der Waals surface area (Å²) in [5, 5.41) is 0.621. The molecule has 0 aliphatic carbocycles. The quantitative estimate of drug-likeness (QED) is 0.664. The fourth-order valence-electron chi connectivity index (χ4n) is 2.40. The number of hydrogen-bond acceptors (Lipinski definition) is 5. The zero-order valence-electron chi connectivity index (χ0n) is 13.3. The highest BCUT2D eigenvalue weighted by atomic mass is 35.5.